The Balaban J connectivity index is 1.06. The zero-order valence-corrected chi connectivity index (χ0v) is 26.3. The maximum atomic E-state index is 15.4. The van der Waals surface area contributed by atoms with Gasteiger partial charge in [-0.05, 0) is 88.4 Å². The van der Waals surface area contributed by atoms with Crippen molar-refractivity contribution >= 4 is 34.1 Å². The van der Waals surface area contributed by atoms with Crippen LogP contribution in [-0.4, -0.2) is 62.3 Å². The van der Waals surface area contributed by atoms with Gasteiger partial charge in [0.2, 0.25) is 5.43 Å². The Labute approximate surface area is 264 Å². The molecule has 11 nitrogen and oxygen atoms in total. The predicted molar refractivity (Wildman–Crippen MR) is 176 cm³/mol. The van der Waals surface area contributed by atoms with E-state index in [2.05, 4.69) is 22.1 Å². The molecule has 2 fully saturated rings. The highest BCUT2D eigenvalue weighted by Gasteiger charge is 2.29. The maximum Gasteiger partial charge on any atom is 0.341 e. The molecule has 4 aromatic rings. The van der Waals surface area contributed by atoms with Gasteiger partial charge in [-0.2, -0.15) is 0 Å². The summed E-state index contributed by atoms with van der Waals surface area (Å²) in [6, 6.07) is 10.3. The van der Waals surface area contributed by atoms with E-state index in [-0.39, 0.29) is 28.6 Å². The summed E-state index contributed by atoms with van der Waals surface area (Å²) >= 11 is 0. The van der Waals surface area contributed by atoms with Crippen molar-refractivity contribution in [2.75, 3.05) is 36.4 Å². The molecule has 2 aromatic heterocycles. The number of halogens is 1. The fourth-order valence-electron chi connectivity index (χ4n) is 6.31. The van der Waals surface area contributed by atoms with Gasteiger partial charge < -0.3 is 19.9 Å². The smallest absolute Gasteiger partial charge is 0.341 e. The number of nitrogens with zero attached hydrogens (tertiary/aromatic N) is 4. The Bertz CT molecular complexity index is 1960. The third kappa shape index (κ3) is 6.34. The van der Waals surface area contributed by atoms with Gasteiger partial charge in [-0.1, -0.05) is 6.07 Å². The van der Waals surface area contributed by atoms with Crippen LogP contribution in [0.2, 0.25) is 0 Å². The first kappa shape index (κ1) is 31.3. The number of aryl methyl sites for hydroxylation is 2. The van der Waals surface area contributed by atoms with Gasteiger partial charge in [0.05, 0.1) is 11.2 Å². The minimum Gasteiger partial charge on any atom is -0.477 e. The first-order chi connectivity index (χ1) is 22.0. The number of piperazine rings is 1. The predicted octanol–water partition coefficient (Wildman–Crippen LogP) is 4.38. The SMILES string of the molecule is Cc1ccc(Nc2cc(=O)n(CCCCN3CCN(c4cc5c(cc4F)c(=O)c(C(=O)O)cn5C4CC4)C[C@@H]3C)c(=O)[nH]2)cc1C. The van der Waals surface area contributed by atoms with Gasteiger partial charge in [0, 0.05) is 61.6 Å². The number of hydrogen-bond donors (Lipinski definition) is 3. The molecule has 1 saturated carbocycles. The summed E-state index contributed by atoms with van der Waals surface area (Å²) in [7, 11) is 0. The zero-order chi connectivity index (χ0) is 32.7. The topological polar surface area (TPSA) is 133 Å². The number of carbonyl (C=O) groups is 1. The molecule has 0 spiro atoms. The Kier molecular flexibility index (Phi) is 8.56. The monoisotopic (exact) mass is 630 g/mol. The van der Waals surface area contributed by atoms with Gasteiger partial charge in [-0.15, -0.1) is 0 Å². The van der Waals surface area contributed by atoms with Crippen molar-refractivity contribution in [2.45, 2.75) is 65.1 Å². The average Bonchev–Trinajstić information content (AvgIpc) is 3.84. The van der Waals surface area contributed by atoms with E-state index in [1.54, 1.807) is 6.07 Å². The summed E-state index contributed by atoms with van der Waals surface area (Å²) in [4.78, 5) is 57.0. The summed E-state index contributed by atoms with van der Waals surface area (Å²) in [6.07, 6.45) is 4.60. The van der Waals surface area contributed by atoms with Crippen molar-refractivity contribution in [2.24, 2.45) is 0 Å². The highest BCUT2D eigenvalue weighted by atomic mass is 19.1. The second-order valence-corrected chi connectivity index (χ2v) is 12.6. The standard InChI is InChI=1S/C34H39FN6O5/c1-20-6-7-23(14-21(20)2)36-30-17-31(42)40(34(46)37-30)11-5-4-10-38-12-13-39(18-22(38)3)29-16-28-25(15-27(29)35)32(43)26(33(44)45)19-41(28)24-8-9-24/h6-7,14-17,19,22,24,36H,4-5,8-13,18H2,1-3H3,(H,37,46)(H,44,45)/t22-/m0/s1. The van der Waals surface area contributed by atoms with Crippen LogP contribution in [-0.2, 0) is 6.54 Å². The molecule has 2 aromatic carbocycles. The van der Waals surface area contributed by atoms with Crippen LogP contribution in [0.4, 0.5) is 21.6 Å². The zero-order valence-electron chi connectivity index (χ0n) is 26.3. The normalized spacial score (nSPS) is 17.0. The fourth-order valence-corrected chi connectivity index (χ4v) is 6.31. The van der Waals surface area contributed by atoms with E-state index in [1.807, 2.05) is 41.5 Å². The molecule has 46 heavy (non-hydrogen) atoms. The van der Waals surface area contributed by atoms with Crippen LogP contribution in [0.25, 0.3) is 10.9 Å². The number of carboxylic acids is 1. The number of benzene rings is 2. The number of H-pyrrole nitrogens is 1. The number of fused-ring (bicyclic) bond motifs is 1. The minimum absolute atomic E-state index is 0.0879. The van der Waals surface area contributed by atoms with E-state index in [0.717, 1.165) is 42.6 Å². The lowest BCUT2D eigenvalue weighted by atomic mass is 10.1. The lowest BCUT2D eigenvalue weighted by Crippen LogP contribution is -2.52. The minimum atomic E-state index is -1.31. The van der Waals surface area contributed by atoms with Crippen molar-refractivity contribution in [3.8, 4) is 0 Å². The van der Waals surface area contributed by atoms with Crippen LogP contribution in [0.15, 0.2) is 57.0 Å². The van der Waals surface area contributed by atoms with Gasteiger partial charge in [0.15, 0.2) is 0 Å². The number of anilines is 3. The summed E-state index contributed by atoms with van der Waals surface area (Å²) in [5.41, 5.74) is 2.20. The van der Waals surface area contributed by atoms with Crippen molar-refractivity contribution in [1.29, 1.82) is 0 Å². The van der Waals surface area contributed by atoms with Gasteiger partial charge in [-0.3, -0.25) is 24.0 Å². The quantitative estimate of drug-likeness (QED) is 0.220. The molecule has 3 N–H and O–H groups in total. The van der Waals surface area contributed by atoms with Crippen LogP contribution < -0.4 is 26.9 Å². The summed E-state index contributed by atoms with van der Waals surface area (Å²) in [5, 5.41) is 12.7. The first-order valence-corrected chi connectivity index (χ1v) is 15.8. The second kappa shape index (κ2) is 12.6. The number of carboxylic acid groups (broad SMARTS) is 1. The number of rotatable bonds is 10. The molecule has 0 bridgehead atoms. The summed E-state index contributed by atoms with van der Waals surface area (Å²) in [5.74, 6) is -1.50. The lowest BCUT2D eigenvalue weighted by Gasteiger charge is -2.41. The molecule has 12 heteroatoms. The van der Waals surface area contributed by atoms with E-state index in [0.29, 0.717) is 49.6 Å². The highest BCUT2D eigenvalue weighted by molar-refractivity contribution is 5.93. The third-order valence-corrected chi connectivity index (χ3v) is 9.26. The molecule has 1 atom stereocenters. The van der Waals surface area contributed by atoms with Crippen molar-refractivity contribution in [1.82, 2.24) is 19.0 Å². The molecule has 1 aliphatic heterocycles. The largest absolute Gasteiger partial charge is 0.477 e. The van der Waals surface area contributed by atoms with Crippen LogP contribution in [0.5, 0.6) is 0 Å². The Morgan fingerprint density at radius 1 is 1.02 bits per heavy atom. The van der Waals surface area contributed by atoms with E-state index in [1.165, 1.54) is 22.9 Å². The summed E-state index contributed by atoms with van der Waals surface area (Å²) < 4.78 is 18.5. The van der Waals surface area contributed by atoms with E-state index in [9.17, 15) is 24.3 Å². The number of hydrogen-bond acceptors (Lipinski definition) is 7. The molecular weight excluding hydrogens is 591 g/mol. The molecular formula is C34H39FN6O5. The van der Waals surface area contributed by atoms with E-state index < -0.39 is 22.9 Å². The molecule has 0 amide bonds. The molecule has 1 saturated heterocycles. The fraction of sp³-hybridized carbons (Fsp3) is 0.412. The van der Waals surface area contributed by atoms with Crippen LogP contribution in [0.1, 0.15) is 60.1 Å². The molecule has 0 unspecified atom stereocenters. The van der Waals surface area contributed by atoms with Crippen molar-refractivity contribution in [3.05, 3.63) is 96.2 Å². The molecule has 242 valence electrons. The molecule has 6 rings (SSSR count). The van der Waals surface area contributed by atoms with Crippen LogP contribution in [0.3, 0.4) is 0 Å². The summed E-state index contributed by atoms with van der Waals surface area (Å²) in [6.45, 7) is 9.05. The maximum absolute atomic E-state index is 15.4. The molecule has 3 heterocycles. The number of aromatic carboxylic acids is 1. The van der Waals surface area contributed by atoms with Crippen molar-refractivity contribution in [3.63, 3.8) is 0 Å². The van der Waals surface area contributed by atoms with Gasteiger partial charge >= 0.3 is 11.7 Å². The Morgan fingerprint density at radius 2 is 1.78 bits per heavy atom. The molecule has 2 aliphatic rings. The van der Waals surface area contributed by atoms with Crippen LogP contribution in [0, 0.1) is 19.7 Å². The Morgan fingerprint density at radius 3 is 2.46 bits per heavy atom. The molecule has 1 aliphatic carbocycles. The number of nitrogens with one attached hydrogen (secondary N) is 2. The number of aromatic amines is 1. The third-order valence-electron chi connectivity index (χ3n) is 9.26. The number of aromatic nitrogens is 3. The second-order valence-electron chi connectivity index (χ2n) is 12.6. The van der Waals surface area contributed by atoms with E-state index in [4.69, 9.17) is 0 Å². The van der Waals surface area contributed by atoms with Gasteiger partial charge in [-0.25, -0.2) is 14.0 Å². The van der Waals surface area contributed by atoms with E-state index >= 15 is 4.39 Å². The van der Waals surface area contributed by atoms with Crippen LogP contribution >= 0.6 is 0 Å². The average molecular weight is 631 g/mol. The lowest BCUT2D eigenvalue weighted by molar-refractivity contribution is 0.0694. The van der Waals surface area contributed by atoms with Gasteiger partial charge in [0.25, 0.3) is 5.56 Å². The first-order valence-electron chi connectivity index (χ1n) is 15.8. The van der Waals surface area contributed by atoms with Gasteiger partial charge in [0.1, 0.15) is 17.2 Å². The number of pyridine rings is 1. The molecule has 0 radical (unpaired) electrons. The Hall–Kier alpha value is -4.71. The number of unbranched alkanes of at least 4 members (excludes halogenated alkanes) is 1. The highest BCUT2D eigenvalue weighted by Crippen LogP contribution is 2.38. The van der Waals surface area contributed by atoms with Crippen molar-refractivity contribution < 1.29 is 14.3 Å².